The Labute approximate surface area is 259 Å². The zero-order chi connectivity index (χ0) is 29.5. The minimum atomic E-state index is -1.20. The van der Waals surface area contributed by atoms with E-state index in [1.165, 1.54) is 10.9 Å². The number of benzene rings is 5. The summed E-state index contributed by atoms with van der Waals surface area (Å²) in [5, 5.41) is 26.3. The molecule has 0 fully saturated rings. The summed E-state index contributed by atoms with van der Waals surface area (Å²) in [5.41, 5.74) is 9.47. The van der Waals surface area contributed by atoms with Gasteiger partial charge in [0.05, 0.1) is 0 Å². The number of rotatable bonds is 2. The van der Waals surface area contributed by atoms with Crippen molar-refractivity contribution in [2.24, 2.45) is 0 Å². The van der Waals surface area contributed by atoms with E-state index in [0.29, 0.717) is 11.1 Å². The average Bonchev–Trinajstić information content (AvgIpc) is 3.71. The molecule has 3 aromatic heterocycles. The van der Waals surface area contributed by atoms with Crippen molar-refractivity contribution < 1.29 is 4.42 Å². The van der Waals surface area contributed by atoms with Gasteiger partial charge in [-0.15, -0.1) is 0 Å². The molecule has 0 spiro atoms. The number of nitrogens with zero attached hydrogens (tertiary/aromatic N) is 4. The minimum absolute atomic E-state index is 0.353. The van der Waals surface area contributed by atoms with Gasteiger partial charge in [0.2, 0.25) is 0 Å². The first-order chi connectivity index (χ1) is 21.7. The van der Waals surface area contributed by atoms with Crippen LogP contribution in [0.15, 0.2) is 106 Å². The summed E-state index contributed by atoms with van der Waals surface area (Å²) >= 11 is -1.20. The number of alkyl halides is 2. The molecule has 6 heteroatoms. The second kappa shape index (κ2) is 9.34. The second-order valence-electron chi connectivity index (χ2n) is 11.2. The van der Waals surface area contributed by atoms with E-state index in [2.05, 4.69) is 91.0 Å². The Bertz CT molecular complexity index is 2640. The number of aromatic nitrogens is 2. The molecule has 1 aliphatic rings. The van der Waals surface area contributed by atoms with Crippen molar-refractivity contribution >= 4 is 80.5 Å². The van der Waals surface area contributed by atoms with Gasteiger partial charge in [-0.05, 0) is 6.07 Å². The van der Waals surface area contributed by atoms with Crippen LogP contribution in [0.1, 0.15) is 22.4 Å². The molecule has 0 saturated heterocycles. The quantitative estimate of drug-likeness (QED) is 0.135. The maximum absolute atomic E-state index is 10.5. The standard InChI is InChI=1S/C38H23IN4O/c1-39-17-16-33-29(20-39)25-8-2-5-11-31(25)43(33)35-19-24(18-23(21-40)30(35)22-41)42-32-12-6-3-10-28(32)37-34(42)15-14-27-26-9-4-7-13-36(26)44-38(27)37/h2-19H,20H2,1H3. The van der Waals surface area contributed by atoms with Crippen molar-refractivity contribution in [1.29, 1.82) is 10.5 Å². The summed E-state index contributed by atoms with van der Waals surface area (Å²) in [7, 11) is 0. The first kappa shape index (κ1) is 25.2. The van der Waals surface area contributed by atoms with E-state index in [9.17, 15) is 10.5 Å². The van der Waals surface area contributed by atoms with Gasteiger partial charge in [0.1, 0.15) is 5.58 Å². The van der Waals surface area contributed by atoms with E-state index in [1.807, 2.05) is 42.5 Å². The van der Waals surface area contributed by atoms with E-state index < -0.39 is 19.8 Å². The number of halogens is 1. The van der Waals surface area contributed by atoms with Crippen LogP contribution in [0.3, 0.4) is 0 Å². The molecule has 44 heavy (non-hydrogen) atoms. The van der Waals surface area contributed by atoms with Crippen molar-refractivity contribution in [2.45, 2.75) is 4.43 Å². The van der Waals surface area contributed by atoms with E-state index >= 15 is 0 Å². The van der Waals surface area contributed by atoms with Gasteiger partial charge in [0.25, 0.3) is 0 Å². The van der Waals surface area contributed by atoms with Crippen molar-refractivity contribution in [1.82, 2.24) is 9.13 Å². The van der Waals surface area contributed by atoms with E-state index in [4.69, 9.17) is 4.42 Å². The van der Waals surface area contributed by atoms with E-state index in [1.54, 1.807) is 0 Å². The number of fused-ring (bicyclic) bond motifs is 10. The van der Waals surface area contributed by atoms with Crippen LogP contribution in [0.2, 0.25) is 0 Å². The van der Waals surface area contributed by atoms with Crippen LogP contribution in [0.5, 0.6) is 0 Å². The Hall–Kier alpha value is -5.31. The molecule has 0 bridgehead atoms. The molecule has 9 rings (SSSR count). The monoisotopic (exact) mass is 678 g/mol. The van der Waals surface area contributed by atoms with Gasteiger partial charge in [0.15, 0.2) is 0 Å². The molecule has 0 aliphatic carbocycles. The molecule has 8 aromatic rings. The maximum atomic E-state index is 10.5. The summed E-state index contributed by atoms with van der Waals surface area (Å²) < 4.78 is 14.3. The predicted octanol–water partition coefficient (Wildman–Crippen LogP) is 9.99. The van der Waals surface area contributed by atoms with Gasteiger partial charge in [-0.2, -0.15) is 0 Å². The van der Waals surface area contributed by atoms with Crippen molar-refractivity contribution in [2.75, 3.05) is 4.93 Å². The van der Waals surface area contributed by atoms with E-state index in [0.717, 1.165) is 70.8 Å². The molecule has 5 aromatic carbocycles. The van der Waals surface area contributed by atoms with Crippen LogP contribution in [-0.2, 0) is 4.43 Å². The Balaban J connectivity index is 1.41. The SMILES string of the molecule is CI1C=Cc2c(c3ccccc3n2-c2cc(-n3c4ccccc4c4c5oc6ccccc6c5ccc43)cc(C#N)c2C#N)C1. The zero-order valence-electron chi connectivity index (χ0n) is 23.7. The molecule has 5 nitrogen and oxygen atoms in total. The summed E-state index contributed by atoms with van der Waals surface area (Å²) in [5.74, 6) is 0. The van der Waals surface area contributed by atoms with Crippen LogP contribution in [0.25, 0.3) is 72.1 Å². The van der Waals surface area contributed by atoms with Gasteiger partial charge < -0.3 is 0 Å². The van der Waals surface area contributed by atoms with Crippen molar-refractivity contribution in [3.05, 3.63) is 124 Å². The topological polar surface area (TPSA) is 70.6 Å². The summed E-state index contributed by atoms with van der Waals surface area (Å²) in [6, 6.07) is 37.8. The first-order valence-electron chi connectivity index (χ1n) is 14.3. The number of nitriles is 2. The fourth-order valence-corrected chi connectivity index (χ4v) is 10.2. The van der Waals surface area contributed by atoms with Gasteiger partial charge in [-0.25, -0.2) is 0 Å². The number of furan rings is 1. The molecule has 0 amide bonds. The van der Waals surface area contributed by atoms with Gasteiger partial charge in [-0.3, -0.25) is 0 Å². The van der Waals surface area contributed by atoms with Crippen molar-refractivity contribution in [3.8, 4) is 23.5 Å². The first-order valence-corrected chi connectivity index (χ1v) is 19.3. The molecule has 0 saturated carbocycles. The zero-order valence-corrected chi connectivity index (χ0v) is 25.8. The Morgan fingerprint density at radius 1 is 0.727 bits per heavy atom. The second-order valence-corrected chi connectivity index (χ2v) is 16.3. The third-order valence-electron chi connectivity index (χ3n) is 8.81. The number of para-hydroxylation sites is 3. The van der Waals surface area contributed by atoms with Crippen molar-refractivity contribution in [3.63, 3.8) is 0 Å². The Morgan fingerprint density at radius 3 is 2.25 bits per heavy atom. The summed E-state index contributed by atoms with van der Waals surface area (Å²) in [6.45, 7) is 0. The number of hydrogen-bond acceptors (Lipinski definition) is 3. The molecule has 0 N–H and O–H groups in total. The molecule has 0 atom stereocenters. The fraction of sp³-hybridized carbons (Fsp3) is 0.0526. The third kappa shape index (κ3) is 3.37. The van der Waals surface area contributed by atoms with Crippen LogP contribution >= 0.6 is 19.8 Å². The van der Waals surface area contributed by atoms with Gasteiger partial charge in [0, 0.05) is 5.39 Å². The molecule has 1 aliphatic heterocycles. The molecule has 208 valence electrons. The average molecular weight is 679 g/mol. The Morgan fingerprint density at radius 2 is 1.45 bits per heavy atom. The molecule has 0 radical (unpaired) electrons. The fourth-order valence-electron chi connectivity index (χ4n) is 6.96. The molecular weight excluding hydrogens is 655 g/mol. The normalized spacial score (nSPS) is 13.7. The summed E-state index contributed by atoms with van der Waals surface area (Å²) in [6.07, 6.45) is 2.24. The van der Waals surface area contributed by atoms with Crippen LogP contribution in [-0.4, -0.2) is 14.1 Å². The number of hydrogen-bond donors (Lipinski definition) is 0. The van der Waals surface area contributed by atoms with Gasteiger partial charge in [-0.1, -0.05) is 18.2 Å². The van der Waals surface area contributed by atoms with Crippen LogP contribution in [0.4, 0.5) is 0 Å². The third-order valence-corrected chi connectivity index (χ3v) is 12.4. The molecule has 0 unspecified atom stereocenters. The molecule has 4 heterocycles. The van der Waals surface area contributed by atoms with Crippen LogP contribution < -0.4 is 0 Å². The Kier molecular flexibility index (Phi) is 5.35. The predicted molar refractivity (Wildman–Crippen MR) is 187 cm³/mol. The van der Waals surface area contributed by atoms with Gasteiger partial charge >= 0.3 is 226 Å². The van der Waals surface area contributed by atoms with Crippen LogP contribution in [0, 0.1) is 22.7 Å². The molecular formula is C38H23IN4O. The summed E-state index contributed by atoms with van der Waals surface area (Å²) in [4.78, 5) is 2.38. The van der Waals surface area contributed by atoms with E-state index in [-0.39, 0.29) is 0 Å².